The number of rotatable bonds is 5. The second-order valence-electron chi connectivity index (χ2n) is 4.95. The molecule has 3 nitrogen and oxygen atoms in total. The van der Waals surface area contributed by atoms with Gasteiger partial charge in [-0.3, -0.25) is 0 Å². The molecule has 0 aliphatic heterocycles. The summed E-state index contributed by atoms with van der Waals surface area (Å²) in [5, 5.41) is 0. The average molecular weight is 351 g/mol. The van der Waals surface area contributed by atoms with Gasteiger partial charge in [0.1, 0.15) is 0 Å². The lowest BCUT2D eigenvalue weighted by atomic mass is 10.1. The molecule has 0 spiro atoms. The zero-order chi connectivity index (χ0) is 12.2. The van der Waals surface area contributed by atoms with Crippen molar-refractivity contribution in [3.05, 3.63) is 23.8 Å². The number of benzene rings is 1. The maximum Gasteiger partial charge on any atom is 0.160 e. The summed E-state index contributed by atoms with van der Waals surface area (Å²) in [6.45, 7) is 1.11. The predicted molar refractivity (Wildman–Crippen MR) is 66.1 cm³/mol. The van der Waals surface area contributed by atoms with Gasteiger partial charge in [-0.05, 0) is 17.7 Å². The van der Waals surface area contributed by atoms with Crippen LogP contribution in [0.25, 0.3) is 0 Å². The summed E-state index contributed by atoms with van der Waals surface area (Å²) in [5.74, 6) is 1.60. The highest BCUT2D eigenvalue weighted by molar-refractivity contribution is 5.42. The Morgan fingerprint density at radius 2 is 1.59 bits per heavy atom. The lowest BCUT2D eigenvalue weighted by Crippen LogP contribution is -3.00. The van der Waals surface area contributed by atoms with Crippen molar-refractivity contribution >= 4 is 0 Å². The Morgan fingerprint density at radius 3 is 2.06 bits per heavy atom. The predicted octanol–water partition coefficient (Wildman–Crippen LogP) is -1.04. The van der Waals surface area contributed by atoms with Gasteiger partial charge in [0, 0.05) is 6.42 Å². The quantitative estimate of drug-likeness (QED) is 0.498. The zero-order valence-corrected chi connectivity index (χ0v) is 13.4. The van der Waals surface area contributed by atoms with Crippen molar-refractivity contribution in [2.24, 2.45) is 0 Å². The van der Waals surface area contributed by atoms with E-state index in [1.807, 2.05) is 6.07 Å². The van der Waals surface area contributed by atoms with E-state index in [1.165, 1.54) is 5.56 Å². The first-order chi connectivity index (χ1) is 7.46. The number of likely N-dealkylation sites (N-methyl/N-ethyl adjacent to an activating group) is 1. The van der Waals surface area contributed by atoms with Crippen LogP contribution in [0.4, 0.5) is 0 Å². The summed E-state index contributed by atoms with van der Waals surface area (Å²) in [7, 11) is 9.91. The minimum Gasteiger partial charge on any atom is -1.00 e. The number of hydrogen-bond acceptors (Lipinski definition) is 2. The fourth-order valence-corrected chi connectivity index (χ4v) is 1.50. The van der Waals surface area contributed by atoms with E-state index in [0.717, 1.165) is 28.9 Å². The molecule has 0 saturated carbocycles. The number of quaternary nitrogens is 1. The molecule has 0 saturated heterocycles. The van der Waals surface area contributed by atoms with Gasteiger partial charge in [-0.1, -0.05) is 6.07 Å². The second-order valence-corrected chi connectivity index (χ2v) is 4.95. The first kappa shape index (κ1) is 16.5. The van der Waals surface area contributed by atoms with Crippen LogP contribution >= 0.6 is 0 Å². The van der Waals surface area contributed by atoms with Crippen molar-refractivity contribution in [1.29, 1.82) is 0 Å². The highest BCUT2D eigenvalue weighted by Crippen LogP contribution is 2.27. The van der Waals surface area contributed by atoms with Gasteiger partial charge in [0.05, 0.1) is 41.9 Å². The number of ether oxygens (including phenoxy) is 2. The summed E-state index contributed by atoms with van der Waals surface area (Å²) >= 11 is 0. The van der Waals surface area contributed by atoms with E-state index in [2.05, 4.69) is 33.3 Å². The molecule has 1 aromatic rings. The van der Waals surface area contributed by atoms with Gasteiger partial charge in [0.25, 0.3) is 0 Å². The molecule has 0 fully saturated rings. The Bertz CT molecular complexity index is 348. The van der Waals surface area contributed by atoms with E-state index in [-0.39, 0.29) is 24.0 Å². The first-order valence-electron chi connectivity index (χ1n) is 5.47. The van der Waals surface area contributed by atoms with Gasteiger partial charge >= 0.3 is 0 Å². The van der Waals surface area contributed by atoms with Crippen molar-refractivity contribution in [2.45, 2.75) is 6.42 Å². The van der Waals surface area contributed by atoms with Crippen molar-refractivity contribution in [2.75, 3.05) is 41.9 Å². The third-order valence-corrected chi connectivity index (χ3v) is 2.52. The van der Waals surface area contributed by atoms with Crippen LogP contribution in [-0.2, 0) is 6.42 Å². The summed E-state index contributed by atoms with van der Waals surface area (Å²) < 4.78 is 11.5. The van der Waals surface area contributed by atoms with Crippen LogP contribution < -0.4 is 33.5 Å². The van der Waals surface area contributed by atoms with Gasteiger partial charge in [-0.25, -0.2) is 0 Å². The van der Waals surface area contributed by atoms with E-state index < -0.39 is 0 Å². The maximum absolute atomic E-state index is 5.28. The fraction of sp³-hybridized carbons (Fsp3) is 0.538. The molecular formula is C13H22INO2. The molecular weight excluding hydrogens is 329 g/mol. The minimum atomic E-state index is 0. The zero-order valence-electron chi connectivity index (χ0n) is 11.3. The molecule has 0 aliphatic carbocycles. The van der Waals surface area contributed by atoms with Crippen LogP contribution in [0.1, 0.15) is 5.56 Å². The topological polar surface area (TPSA) is 18.5 Å². The molecule has 1 aromatic carbocycles. The highest BCUT2D eigenvalue weighted by atomic mass is 127. The summed E-state index contributed by atoms with van der Waals surface area (Å²) in [4.78, 5) is 0. The molecule has 4 heteroatoms. The number of methoxy groups -OCH3 is 2. The van der Waals surface area contributed by atoms with E-state index >= 15 is 0 Å². The lowest BCUT2D eigenvalue weighted by molar-refractivity contribution is -0.870. The molecule has 0 unspecified atom stereocenters. The van der Waals surface area contributed by atoms with Crippen LogP contribution in [-0.4, -0.2) is 46.4 Å². The Hall–Kier alpha value is -0.490. The molecule has 0 aliphatic rings. The second kappa shape index (κ2) is 7.06. The largest absolute Gasteiger partial charge is 1.00 e. The van der Waals surface area contributed by atoms with Gasteiger partial charge < -0.3 is 37.9 Å². The van der Waals surface area contributed by atoms with Crippen LogP contribution in [0.2, 0.25) is 0 Å². The molecule has 0 radical (unpaired) electrons. The van der Waals surface area contributed by atoms with Crippen LogP contribution in [0.3, 0.4) is 0 Å². The molecule has 0 heterocycles. The van der Waals surface area contributed by atoms with Crippen molar-refractivity contribution in [1.82, 2.24) is 0 Å². The van der Waals surface area contributed by atoms with E-state index in [4.69, 9.17) is 9.47 Å². The van der Waals surface area contributed by atoms with Gasteiger partial charge in [-0.2, -0.15) is 0 Å². The van der Waals surface area contributed by atoms with Crippen molar-refractivity contribution in [3.63, 3.8) is 0 Å². The Labute approximate surface area is 121 Å². The summed E-state index contributed by atoms with van der Waals surface area (Å²) in [5.41, 5.74) is 1.28. The normalized spacial score (nSPS) is 10.6. The molecule has 1 rings (SSSR count). The Kier molecular flexibility index (Phi) is 6.85. The lowest BCUT2D eigenvalue weighted by Gasteiger charge is -2.23. The third kappa shape index (κ3) is 5.59. The molecule has 0 aromatic heterocycles. The Morgan fingerprint density at radius 1 is 1.00 bits per heavy atom. The smallest absolute Gasteiger partial charge is 0.160 e. The van der Waals surface area contributed by atoms with E-state index in [9.17, 15) is 0 Å². The monoisotopic (exact) mass is 351 g/mol. The average Bonchev–Trinajstić information content (AvgIpc) is 2.25. The molecule has 0 atom stereocenters. The van der Waals surface area contributed by atoms with E-state index in [0.29, 0.717) is 0 Å². The standard InChI is InChI=1S/C13H22NO2.HI/c1-14(2,3)9-8-11-6-7-12(15-4)13(10-11)16-5;/h6-7,10H,8-9H2,1-5H3;1H/q+1;/p-1. The highest BCUT2D eigenvalue weighted by Gasteiger charge is 2.09. The van der Waals surface area contributed by atoms with Crippen molar-refractivity contribution in [3.8, 4) is 11.5 Å². The van der Waals surface area contributed by atoms with Crippen LogP contribution in [0.15, 0.2) is 18.2 Å². The summed E-state index contributed by atoms with van der Waals surface area (Å²) in [6.07, 6.45) is 1.05. The minimum absolute atomic E-state index is 0. The first-order valence-corrected chi connectivity index (χ1v) is 5.47. The summed E-state index contributed by atoms with van der Waals surface area (Å²) in [6, 6.07) is 6.11. The van der Waals surface area contributed by atoms with Crippen LogP contribution in [0.5, 0.6) is 11.5 Å². The fourth-order valence-electron chi connectivity index (χ4n) is 1.50. The molecule has 98 valence electrons. The van der Waals surface area contributed by atoms with Gasteiger partial charge in [0.2, 0.25) is 0 Å². The SMILES string of the molecule is COc1ccc(CC[N+](C)(C)C)cc1OC.[I-]. The van der Waals surface area contributed by atoms with Crippen LogP contribution in [0, 0.1) is 0 Å². The number of nitrogens with zero attached hydrogens (tertiary/aromatic N) is 1. The van der Waals surface area contributed by atoms with E-state index in [1.54, 1.807) is 14.2 Å². The van der Waals surface area contributed by atoms with Gasteiger partial charge in [0.15, 0.2) is 11.5 Å². The Balaban J connectivity index is 0.00000256. The molecule has 0 amide bonds. The van der Waals surface area contributed by atoms with Crippen molar-refractivity contribution < 1.29 is 37.9 Å². The molecule has 17 heavy (non-hydrogen) atoms. The molecule has 0 bridgehead atoms. The van der Waals surface area contributed by atoms with Gasteiger partial charge in [-0.15, -0.1) is 0 Å². The molecule has 0 N–H and O–H groups in total. The maximum atomic E-state index is 5.28. The third-order valence-electron chi connectivity index (χ3n) is 2.52. The number of hydrogen-bond donors (Lipinski definition) is 0. The number of halogens is 1.